The van der Waals surface area contributed by atoms with Crippen LogP contribution < -0.4 is 10.6 Å². The van der Waals surface area contributed by atoms with E-state index in [1.165, 1.54) is 0 Å². The van der Waals surface area contributed by atoms with Crippen LogP contribution in [0.3, 0.4) is 0 Å². The van der Waals surface area contributed by atoms with Gasteiger partial charge in [-0.1, -0.05) is 27.2 Å². The first kappa shape index (κ1) is 18.9. The SMILES string of the molecule is CC[C@@H]1CN(C(C)=O)CC[C@@H]1N[C@@H](C)C(=O)NCCC(C)C. The number of carbonyl (C=O) groups is 2. The van der Waals surface area contributed by atoms with Gasteiger partial charge < -0.3 is 15.5 Å². The van der Waals surface area contributed by atoms with Crippen molar-refractivity contribution >= 4 is 11.8 Å². The zero-order chi connectivity index (χ0) is 16.7. The number of piperidine rings is 1. The molecule has 2 amide bonds. The van der Waals surface area contributed by atoms with E-state index in [-0.39, 0.29) is 17.9 Å². The summed E-state index contributed by atoms with van der Waals surface area (Å²) < 4.78 is 0. The summed E-state index contributed by atoms with van der Waals surface area (Å²) in [5.41, 5.74) is 0. The molecule has 1 aliphatic heterocycles. The summed E-state index contributed by atoms with van der Waals surface area (Å²) in [6.07, 6.45) is 2.94. The highest BCUT2D eigenvalue weighted by Gasteiger charge is 2.30. The molecule has 1 fully saturated rings. The summed E-state index contributed by atoms with van der Waals surface area (Å²) >= 11 is 0. The number of nitrogens with one attached hydrogen (secondary N) is 2. The number of nitrogens with zero attached hydrogens (tertiary/aromatic N) is 1. The molecule has 0 aromatic heterocycles. The van der Waals surface area contributed by atoms with Gasteiger partial charge in [0.1, 0.15) is 0 Å². The minimum atomic E-state index is -0.185. The Kier molecular flexibility index (Phi) is 7.87. The van der Waals surface area contributed by atoms with Gasteiger partial charge in [-0.05, 0) is 31.6 Å². The van der Waals surface area contributed by atoms with Crippen LogP contribution in [0.1, 0.15) is 53.9 Å². The first-order valence-corrected chi connectivity index (χ1v) is 8.64. The molecule has 0 aliphatic carbocycles. The van der Waals surface area contributed by atoms with Crippen molar-refractivity contribution < 1.29 is 9.59 Å². The van der Waals surface area contributed by atoms with E-state index in [1.807, 2.05) is 11.8 Å². The third-order valence-corrected chi connectivity index (χ3v) is 4.58. The summed E-state index contributed by atoms with van der Waals surface area (Å²) in [6.45, 7) is 12.3. The molecule has 1 saturated heterocycles. The van der Waals surface area contributed by atoms with Gasteiger partial charge in [0.15, 0.2) is 0 Å². The van der Waals surface area contributed by atoms with E-state index < -0.39 is 0 Å². The van der Waals surface area contributed by atoms with Crippen molar-refractivity contribution in [2.24, 2.45) is 11.8 Å². The Labute approximate surface area is 135 Å². The van der Waals surface area contributed by atoms with Crippen molar-refractivity contribution in [3.8, 4) is 0 Å². The average molecular weight is 311 g/mol. The monoisotopic (exact) mass is 311 g/mol. The lowest BCUT2D eigenvalue weighted by molar-refractivity contribution is -0.131. The fourth-order valence-electron chi connectivity index (χ4n) is 2.99. The van der Waals surface area contributed by atoms with Crippen molar-refractivity contribution in [3.63, 3.8) is 0 Å². The number of amides is 2. The summed E-state index contributed by atoms with van der Waals surface area (Å²) in [4.78, 5) is 25.6. The van der Waals surface area contributed by atoms with Crippen LogP contribution in [0, 0.1) is 11.8 Å². The van der Waals surface area contributed by atoms with Crippen LogP contribution in [0.25, 0.3) is 0 Å². The third kappa shape index (κ3) is 5.95. The molecule has 3 atom stereocenters. The van der Waals surface area contributed by atoms with Gasteiger partial charge in [0, 0.05) is 32.6 Å². The molecule has 0 aromatic carbocycles. The standard InChI is InChI=1S/C17H33N3O2/c1-6-15-11-20(14(5)21)10-8-16(15)19-13(4)17(22)18-9-7-12(2)3/h12-13,15-16,19H,6-11H2,1-5H3,(H,18,22)/t13-,15+,16-/m0/s1. The lowest BCUT2D eigenvalue weighted by atomic mass is 9.89. The Hall–Kier alpha value is -1.10. The van der Waals surface area contributed by atoms with Gasteiger partial charge in [0.25, 0.3) is 0 Å². The molecule has 0 bridgehead atoms. The van der Waals surface area contributed by atoms with Gasteiger partial charge in [-0.25, -0.2) is 0 Å². The second-order valence-electron chi connectivity index (χ2n) is 6.89. The van der Waals surface area contributed by atoms with Crippen molar-refractivity contribution in [1.82, 2.24) is 15.5 Å². The third-order valence-electron chi connectivity index (χ3n) is 4.58. The second kappa shape index (κ2) is 9.13. The van der Waals surface area contributed by atoms with E-state index in [0.717, 1.165) is 38.9 Å². The predicted molar refractivity (Wildman–Crippen MR) is 89.5 cm³/mol. The number of likely N-dealkylation sites (tertiary alicyclic amines) is 1. The summed E-state index contributed by atoms with van der Waals surface area (Å²) in [5.74, 6) is 1.24. The van der Waals surface area contributed by atoms with E-state index in [9.17, 15) is 9.59 Å². The van der Waals surface area contributed by atoms with Gasteiger partial charge in [-0.2, -0.15) is 0 Å². The molecule has 0 saturated carbocycles. The van der Waals surface area contributed by atoms with Gasteiger partial charge in [-0.3, -0.25) is 9.59 Å². The Balaban J connectivity index is 2.44. The molecule has 5 nitrogen and oxygen atoms in total. The number of rotatable bonds is 7. The van der Waals surface area contributed by atoms with Crippen LogP contribution in [-0.2, 0) is 9.59 Å². The minimum Gasteiger partial charge on any atom is -0.355 e. The summed E-state index contributed by atoms with van der Waals surface area (Å²) in [5, 5.41) is 6.46. The molecular weight excluding hydrogens is 278 g/mol. The highest BCUT2D eigenvalue weighted by Crippen LogP contribution is 2.20. The molecule has 0 unspecified atom stereocenters. The number of hydrogen-bond donors (Lipinski definition) is 2. The average Bonchev–Trinajstić information content (AvgIpc) is 2.46. The number of hydrogen-bond acceptors (Lipinski definition) is 3. The zero-order valence-corrected chi connectivity index (χ0v) is 14.8. The molecule has 0 spiro atoms. The van der Waals surface area contributed by atoms with Gasteiger partial charge in [0.2, 0.25) is 11.8 Å². The Bertz CT molecular complexity index is 371. The topological polar surface area (TPSA) is 61.4 Å². The number of carbonyl (C=O) groups excluding carboxylic acids is 2. The van der Waals surface area contributed by atoms with Crippen LogP contribution in [0.4, 0.5) is 0 Å². The molecule has 1 aliphatic rings. The highest BCUT2D eigenvalue weighted by molar-refractivity contribution is 5.81. The van der Waals surface area contributed by atoms with E-state index in [2.05, 4.69) is 31.4 Å². The Morgan fingerprint density at radius 2 is 1.95 bits per heavy atom. The fraction of sp³-hybridized carbons (Fsp3) is 0.882. The molecule has 1 rings (SSSR count). The second-order valence-corrected chi connectivity index (χ2v) is 6.89. The van der Waals surface area contributed by atoms with Crippen LogP contribution in [0.5, 0.6) is 0 Å². The largest absolute Gasteiger partial charge is 0.355 e. The summed E-state index contributed by atoms with van der Waals surface area (Å²) in [7, 11) is 0. The van der Waals surface area contributed by atoms with Crippen LogP contribution in [0.2, 0.25) is 0 Å². The van der Waals surface area contributed by atoms with E-state index in [0.29, 0.717) is 17.9 Å². The highest BCUT2D eigenvalue weighted by atomic mass is 16.2. The maximum Gasteiger partial charge on any atom is 0.236 e. The normalized spacial score (nSPS) is 23.5. The van der Waals surface area contributed by atoms with Crippen LogP contribution in [-0.4, -0.2) is 48.4 Å². The molecule has 2 N–H and O–H groups in total. The Morgan fingerprint density at radius 3 is 2.50 bits per heavy atom. The first-order chi connectivity index (χ1) is 10.3. The molecule has 128 valence electrons. The lowest BCUT2D eigenvalue weighted by Gasteiger charge is -2.39. The van der Waals surface area contributed by atoms with E-state index >= 15 is 0 Å². The predicted octanol–water partition coefficient (Wildman–Crippen LogP) is 1.77. The first-order valence-electron chi connectivity index (χ1n) is 8.64. The molecule has 0 aromatic rings. The van der Waals surface area contributed by atoms with E-state index in [1.54, 1.807) is 6.92 Å². The summed E-state index contributed by atoms with van der Waals surface area (Å²) in [6, 6.07) is 0.126. The van der Waals surface area contributed by atoms with Crippen LogP contribution in [0.15, 0.2) is 0 Å². The minimum absolute atomic E-state index is 0.0736. The maximum atomic E-state index is 12.1. The lowest BCUT2D eigenvalue weighted by Crippen LogP contribution is -2.55. The van der Waals surface area contributed by atoms with Crippen molar-refractivity contribution in [1.29, 1.82) is 0 Å². The fourth-order valence-corrected chi connectivity index (χ4v) is 2.99. The maximum absolute atomic E-state index is 12.1. The smallest absolute Gasteiger partial charge is 0.236 e. The van der Waals surface area contributed by atoms with Gasteiger partial charge >= 0.3 is 0 Å². The molecule has 0 radical (unpaired) electrons. The molecular formula is C17H33N3O2. The molecule has 22 heavy (non-hydrogen) atoms. The van der Waals surface area contributed by atoms with Gasteiger partial charge in [-0.15, -0.1) is 0 Å². The quantitative estimate of drug-likeness (QED) is 0.753. The zero-order valence-electron chi connectivity index (χ0n) is 14.8. The van der Waals surface area contributed by atoms with Crippen LogP contribution >= 0.6 is 0 Å². The molecule has 5 heteroatoms. The Morgan fingerprint density at radius 1 is 1.27 bits per heavy atom. The van der Waals surface area contributed by atoms with Crippen molar-refractivity contribution in [2.75, 3.05) is 19.6 Å². The van der Waals surface area contributed by atoms with Gasteiger partial charge in [0.05, 0.1) is 6.04 Å². The molecule has 1 heterocycles. The van der Waals surface area contributed by atoms with Crippen molar-refractivity contribution in [3.05, 3.63) is 0 Å². The van der Waals surface area contributed by atoms with Crippen molar-refractivity contribution in [2.45, 2.75) is 66.0 Å². The van der Waals surface area contributed by atoms with E-state index in [4.69, 9.17) is 0 Å².